The van der Waals surface area contributed by atoms with Crippen LogP contribution in [-0.4, -0.2) is 28.0 Å². The maximum atomic E-state index is 12.4. The fraction of sp³-hybridized carbons (Fsp3) is 0.400. The van der Waals surface area contributed by atoms with Crippen LogP contribution in [0.1, 0.15) is 12.0 Å². The summed E-state index contributed by atoms with van der Waals surface area (Å²) in [6, 6.07) is 1.84. The molecule has 0 saturated carbocycles. The summed E-state index contributed by atoms with van der Waals surface area (Å²) in [6.45, 7) is -0.274. The molecule has 19 heavy (non-hydrogen) atoms. The third kappa shape index (κ3) is 4.38. The first-order valence-electron chi connectivity index (χ1n) is 5.06. The highest BCUT2D eigenvalue weighted by atomic mass is 19.4. The van der Waals surface area contributed by atoms with Gasteiger partial charge in [-0.1, -0.05) is 0 Å². The molecular weight excluding hydrogens is 271 g/mol. The molecule has 0 atom stereocenters. The first kappa shape index (κ1) is 15.2. The van der Waals surface area contributed by atoms with E-state index in [1.54, 1.807) is 0 Å². The highest BCUT2D eigenvalue weighted by Gasteiger charge is 2.33. The molecule has 0 radical (unpaired) electrons. The van der Waals surface area contributed by atoms with Crippen LogP contribution in [-0.2, 0) is 6.18 Å². The van der Waals surface area contributed by atoms with Gasteiger partial charge in [-0.2, -0.15) is 13.2 Å². The van der Waals surface area contributed by atoms with Gasteiger partial charge in [0.1, 0.15) is 0 Å². The molecule has 106 valence electrons. The molecule has 0 aliphatic rings. The molecule has 0 saturated heterocycles. The second-order valence-electron chi connectivity index (χ2n) is 3.56. The van der Waals surface area contributed by atoms with Crippen LogP contribution in [0.3, 0.4) is 0 Å². The Kier molecular flexibility index (Phi) is 4.67. The molecule has 0 fully saturated rings. The van der Waals surface area contributed by atoms with Crippen molar-refractivity contribution >= 4 is 5.69 Å². The van der Waals surface area contributed by atoms with Gasteiger partial charge >= 0.3 is 11.9 Å². The summed E-state index contributed by atoms with van der Waals surface area (Å²) in [5.41, 5.74) is -1.99. The Morgan fingerprint density at radius 3 is 2.47 bits per heavy atom. The van der Waals surface area contributed by atoms with E-state index in [1.165, 1.54) is 0 Å². The van der Waals surface area contributed by atoms with Crippen molar-refractivity contribution in [2.45, 2.75) is 18.9 Å². The number of hydrogen-bond donors (Lipinski definition) is 2. The van der Waals surface area contributed by atoms with E-state index in [0.29, 0.717) is 12.1 Å². The van der Waals surface area contributed by atoms with Crippen molar-refractivity contribution in [1.82, 2.24) is 0 Å². The second kappa shape index (κ2) is 5.85. The molecule has 0 bridgehead atoms. The highest BCUT2D eigenvalue weighted by Crippen LogP contribution is 2.36. The van der Waals surface area contributed by atoms with Gasteiger partial charge in [0.05, 0.1) is 17.1 Å². The van der Waals surface area contributed by atoms with E-state index in [2.05, 4.69) is 0 Å². The predicted octanol–water partition coefficient (Wildman–Crippen LogP) is 1.69. The number of rotatable bonds is 5. The van der Waals surface area contributed by atoms with Crippen LogP contribution in [0.15, 0.2) is 18.2 Å². The topological polar surface area (TPSA) is 92.8 Å². The lowest BCUT2D eigenvalue weighted by Crippen LogP contribution is -2.11. The van der Waals surface area contributed by atoms with Crippen LogP contribution in [0.5, 0.6) is 5.75 Å². The monoisotopic (exact) mass is 281 g/mol. The number of hydrogen-bond acceptors (Lipinski definition) is 5. The normalized spacial score (nSPS) is 11.7. The number of aliphatic hydroxyl groups is 2. The van der Waals surface area contributed by atoms with Crippen LogP contribution in [0.25, 0.3) is 0 Å². The van der Waals surface area contributed by atoms with Crippen molar-refractivity contribution in [2.75, 3.05) is 6.61 Å². The van der Waals surface area contributed by atoms with E-state index in [1.807, 2.05) is 0 Å². The molecule has 2 N–H and O–H groups in total. The summed E-state index contributed by atoms with van der Waals surface area (Å²) in [6.07, 6.45) is -6.57. The van der Waals surface area contributed by atoms with Crippen LogP contribution in [0.2, 0.25) is 0 Å². The molecule has 0 heterocycles. The number of nitro groups is 1. The molecule has 0 aliphatic heterocycles. The Bertz CT molecular complexity index is 461. The van der Waals surface area contributed by atoms with Gasteiger partial charge < -0.3 is 14.9 Å². The minimum absolute atomic E-state index is 0.224. The number of nitrogens with zero attached hydrogens (tertiary/aromatic N) is 1. The van der Waals surface area contributed by atoms with Gasteiger partial charge in [0.25, 0.3) is 0 Å². The number of ether oxygens (including phenoxy) is 1. The third-order valence-corrected chi connectivity index (χ3v) is 2.12. The Labute approximate surface area is 105 Å². The summed E-state index contributed by atoms with van der Waals surface area (Å²) in [5.74, 6) is -0.362. The van der Waals surface area contributed by atoms with Crippen molar-refractivity contribution in [3.63, 3.8) is 0 Å². The molecular formula is C10H10F3NO5. The molecule has 0 unspecified atom stereocenters. The number of halogens is 3. The van der Waals surface area contributed by atoms with Gasteiger partial charge in [-0.3, -0.25) is 10.1 Å². The molecule has 0 amide bonds. The van der Waals surface area contributed by atoms with E-state index in [9.17, 15) is 23.3 Å². The lowest BCUT2D eigenvalue weighted by molar-refractivity contribution is -0.386. The van der Waals surface area contributed by atoms with Crippen LogP contribution in [0.4, 0.5) is 18.9 Å². The minimum atomic E-state index is -4.69. The van der Waals surface area contributed by atoms with Gasteiger partial charge in [-0.25, -0.2) is 0 Å². The van der Waals surface area contributed by atoms with Gasteiger partial charge in [0.2, 0.25) is 0 Å². The number of aliphatic hydroxyl groups excluding tert-OH is 1. The molecule has 0 spiro atoms. The van der Waals surface area contributed by atoms with E-state index in [-0.39, 0.29) is 18.8 Å². The molecule has 1 aromatic rings. The number of benzene rings is 1. The Morgan fingerprint density at radius 2 is 2.00 bits per heavy atom. The van der Waals surface area contributed by atoms with Gasteiger partial charge in [0, 0.05) is 12.5 Å². The predicted molar refractivity (Wildman–Crippen MR) is 56.4 cm³/mol. The third-order valence-electron chi connectivity index (χ3n) is 2.12. The average molecular weight is 281 g/mol. The fourth-order valence-corrected chi connectivity index (χ4v) is 1.23. The van der Waals surface area contributed by atoms with Crippen LogP contribution < -0.4 is 4.74 Å². The first-order valence-corrected chi connectivity index (χ1v) is 5.06. The van der Waals surface area contributed by atoms with E-state index >= 15 is 0 Å². The quantitative estimate of drug-likeness (QED) is 0.486. The Hall–Kier alpha value is -1.87. The van der Waals surface area contributed by atoms with Gasteiger partial charge in [-0.15, -0.1) is 0 Å². The minimum Gasteiger partial charge on any atom is -0.487 e. The van der Waals surface area contributed by atoms with E-state index < -0.39 is 28.6 Å². The molecule has 9 heteroatoms. The maximum Gasteiger partial charge on any atom is 0.416 e. The first-order chi connectivity index (χ1) is 8.71. The van der Waals surface area contributed by atoms with Crippen molar-refractivity contribution in [3.05, 3.63) is 33.9 Å². The van der Waals surface area contributed by atoms with Gasteiger partial charge in [0.15, 0.2) is 12.0 Å². The lowest BCUT2D eigenvalue weighted by atomic mass is 10.2. The largest absolute Gasteiger partial charge is 0.487 e. The summed E-state index contributed by atoms with van der Waals surface area (Å²) in [5, 5.41) is 27.8. The number of nitro benzene ring substituents is 1. The fourth-order valence-electron chi connectivity index (χ4n) is 1.23. The molecule has 1 rings (SSSR count). The zero-order valence-electron chi connectivity index (χ0n) is 9.42. The van der Waals surface area contributed by atoms with Crippen molar-refractivity contribution in [3.8, 4) is 5.75 Å². The smallest absolute Gasteiger partial charge is 0.416 e. The average Bonchev–Trinajstić information content (AvgIpc) is 2.27. The number of alkyl halides is 3. The molecule has 1 aromatic carbocycles. The maximum absolute atomic E-state index is 12.4. The lowest BCUT2D eigenvalue weighted by Gasteiger charge is -2.10. The van der Waals surface area contributed by atoms with E-state index in [4.69, 9.17) is 14.9 Å². The SMILES string of the molecule is O=[N+]([O-])c1cc(C(F)(F)F)ccc1OCCC(O)O. The highest BCUT2D eigenvalue weighted by molar-refractivity contribution is 5.49. The second-order valence-corrected chi connectivity index (χ2v) is 3.56. The molecule has 0 aliphatic carbocycles. The Balaban J connectivity index is 2.96. The summed E-state index contributed by atoms with van der Waals surface area (Å²) in [4.78, 5) is 9.66. The zero-order chi connectivity index (χ0) is 14.6. The molecule has 0 aromatic heterocycles. The van der Waals surface area contributed by atoms with Crippen LogP contribution >= 0.6 is 0 Å². The Morgan fingerprint density at radius 1 is 1.37 bits per heavy atom. The summed E-state index contributed by atoms with van der Waals surface area (Å²) in [7, 11) is 0. The summed E-state index contributed by atoms with van der Waals surface area (Å²) < 4.78 is 42.0. The van der Waals surface area contributed by atoms with Crippen molar-refractivity contribution in [1.29, 1.82) is 0 Å². The van der Waals surface area contributed by atoms with Gasteiger partial charge in [-0.05, 0) is 12.1 Å². The summed E-state index contributed by atoms with van der Waals surface area (Å²) >= 11 is 0. The van der Waals surface area contributed by atoms with Crippen molar-refractivity contribution in [2.24, 2.45) is 0 Å². The standard InChI is InChI=1S/C10H10F3NO5/c11-10(12,13)6-1-2-8(7(5-6)14(17)18)19-4-3-9(15)16/h1-2,5,9,15-16H,3-4H2. The van der Waals surface area contributed by atoms with Crippen LogP contribution in [0, 0.1) is 10.1 Å². The van der Waals surface area contributed by atoms with E-state index in [0.717, 1.165) is 6.07 Å². The zero-order valence-corrected chi connectivity index (χ0v) is 9.42. The molecule has 6 nitrogen and oxygen atoms in total. The van der Waals surface area contributed by atoms with Crippen molar-refractivity contribution < 1.29 is 33.0 Å².